The molecule has 8 heteroatoms. The highest BCUT2D eigenvalue weighted by atomic mass is 19.1. The Kier molecular flexibility index (Phi) is 7.21. The standard InChI is InChI=1S/C27H24FN3O4/c1-17-6-8-19(9-7-17)24-14-25(35-16-26(32)34-2)22-13-21(10-11-23(22)31-24)30-27(33)29-15-18-4-3-5-20(28)12-18/h3-14H,15-16H2,1-2H3,(H2,29,30,33). The van der Waals surface area contributed by atoms with Gasteiger partial charge in [-0.15, -0.1) is 0 Å². The quantitative estimate of drug-likeness (QED) is 0.359. The number of nitrogens with zero attached hydrogens (tertiary/aromatic N) is 1. The van der Waals surface area contributed by atoms with Crippen molar-refractivity contribution in [2.24, 2.45) is 0 Å². The molecule has 1 aromatic heterocycles. The van der Waals surface area contributed by atoms with Crippen molar-refractivity contribution in [2.45, 2.75) is 13.5 Å². The van der Waals surface area contributed by atoms with Crippen molar-refractivity contribution < 1.29 is 23.5 Å². The lowest BCUT2D eigenvalue weighted by Gasteiger charge is -2.13. The summed E-state index contributed by atoms with van der Waals surface area (Å²) in [4.78, 5) is 28.8. The molecule has 0 atom stereocenters. The second-order valence-electron chi connectivity index (χ2n) is 7.91. The van der Waals surface area contributed by atoms with E-state index in [1.165, 1.54) is 19.2 Å². The van der Waals surface area contributed by atoms with Crippen LogP contribution in [0.3, 0.4) is 0 Å². The first-order chi connectivity index (χ1) is 16.9. The Bertz CT molecular complexity index is 1370. The van der Waals surface area contributed by atoms with Gasteiger partial charge >= 0.3 is 12.0 Å². The minimum Gasteiger partial charge on any atom is -0.481 e. The van der Waals surface area contributed by atoms with E-state index in [-0.39, 0.29) is 19.0 Å². The van der Waals surface area contributed by atoms with E-state index < -0.39 is 12.0 Å². The summed E-state index contributed by atoms with van der Waals surface area (Å²) in [6.45, 7) is 1.91. The molecule has 0 saturated carbocycles. The Hall–Kier alpha value is -4.46. The highest BCUT2D eigenvalue weighted by Crippen LogP contribution is 2.32. The van der Waals surface area contributed by atoms with Crippen LogP contribution in [-0.2, 0) is 16.1 Å². The number of carbonyl (C=O) groups is 2. The molecular formula is C27H24FN3O4. The monoisotopic (exact) mass is 473 g/mol. The van der Waals surface area contributed by atoms with Crippen molar-refractivity contribution >= 4 is 28.6 Å². The number of nitrogens with one attached hydrogen (secondary N) is 2. The number of rotatable bonds is 7. The second-order valence-corrected chi connectivity index (χ2v) is 7.91. The molecule has 0 fully saturated rings. The third-order valence-corrected chi connectivity index (χ3v) is 5.29. The summed E-state index contributed by atoms with van der Waals surface area (Å²) < 4.78 is 23.8. The second kappa shape index (κ2) is 10.6. The fourth-order valence-corrected chi connectivity index (χ4v) is 3.46. The molecule has 2 N–H and O–H groups in total. The Labute approximate surface area is 201 Å². The summed E-state index contributed by atoms with van der Waals surface area (Å²) in [7, 11) is 1.29. The number of aromatic nitrogens is 1. The minimum atomic E-state index is -0.516. The molecule has 0 unspecified atom stereocenters. The predicted octanol–water partition coefficient (Wildman–Crippen LogP) is 5.22. The first-order valence-corrected chi connectivity index (χ1v) is 10.9. The third-order valence-electron chi connectivity index (χ3n) is 5.29. The summed E-state index contributed by atoms with van der Waals surface area (Å²) in [5, 5.41) is 6.07. The number of benzene rings is 3. The smallest absolute Gasteiger partial charge is 0.343 e. The number of fused-ring (bicyclic) bond motifs is 1. The molecule has 4 aromatic rings. The molecule has 2 amide bonds. The first-order valence-electron chi connectivity index (χ1n) is 10.9. The number of pyridine rings is 1. The average molecular weight is 474 g/mol. The lowest BCUT2D eigenvalue weighted by atomic mass is 10.1. The van der Waals surface area contributed by atoms with Crippen LogP contribution in [0, 0.1) is 12.7 Å². The van der Waals surface area contributed by atoms with Gasteiger partial charge in [-0.3, -0.25) is 0 Å². The van der Waals surface area contributed by atoms with Gasteiger partial charge in [-0.2, -0.15) is 0 Å². The Morgan fingerprint density at radius 3 is 2.54 bits per heavy atom. The number of halogens is 1. The van der Waals surface area contributed by atoms with Crippen LogP contribution in [0.2, 0.25) is 0 Å². The van der Waals surface area contributed by atoms with E-state index in [4.69, 9.17) is 14.5 Å². The minimum absolute atomic E-state index is 0.173. The number of anilines is 1. The molecule has 7 nitrogen and oxygen atoms in total. The number of aryl methyl sites for hydroxylation is 1. The summed E-state index contributed by atoms with van der Waals surface area (Å²) >= 11 is 0. The van der Waals surface area contributed by atoms with E-state index in [0.29, 0.717) is 33.6 Å². The summed E-state index contributed by atoms with van der Waals surface area (Å²) in [6.07, 6.45) is 0. The van der Waals surface area contributed by atoms with Gasteiger partial charge in [-0.1, -0.05) is 42.0 Å². The van der Waals surface area contributed by atoms with Crippen LogP contribution in [0.1, 0.15) is 11.1 Å². The lowest BCUT2D eigenvalue weighted by molar-refractivity contribution is -0.142. The van der Waals surface area contributed by atoms with Crippen molar-refractivity contribution in [2.75, 3.05) is 19.0 Å². The van der Waals surface area contributed by atoms with Crippen LogP contribution >= 0.6 is 0 Å². The third kappa shape index (κ3) is 6.11. The molecule has 0 radical (unpaired) electrons. The molecule has 0 aliphatic rings. The van der Waals surface area contributed by atoms with Crippen LogP contribution in [0.5, 0.6) is 5.75 Å². The molecular weight excluding hydrogens is 449 g/mol. The maximum absolute atomic E-state index is 13.3. The predicted molar refractivity (Wildman–Crippen MR) is 132 cm³/mol. The van der Waals surface area contributed by atoms with E-state index in [0.717, 1.165) is 11.1 Å². The van der Waals surface area contributed by atoms with Crippen LogP contribution in [0.25, 0.3) is 22.2 Å². The normalized spacial score (nSPS) is 10.6. The molecule has 178 valence electrons. The van der Waals surface area contributed by atoms with Gasteiger partial charge in [-0.05, 0) is 42.8 Å². The van der Waals surface area contributed by atoms with E-state index >= 15 is 0 Å². The van der Waals surface area contributed by atoms with Gasteiger partial charge in [-0.25, -0.2) is 19.0 Å². The topological polar surface area (TPSA) is 89.6 Å². The van der Waals surface area contributed by atoms with Gasteiger partial charge in [0.1, 0.15) is 11.6 Å². The molecule has 0 aliphatic carbocycles. The molecule has 1 heterocycles. The molecule has 0 spiro atoms. The SMILES string of the molecule is COC(=O)COc1cc(-c2ccc(C)cc2)nc2ccc(NC(=O)NCc3cccc(F)c3)cc12. The Morgan fingerprint density at radius 2 is 1.80 bits per heavy atom. The van der Waals surface area contributed by atoms with Crippen LogP contribution in [0.4, 0.5) is 14.9 Å². The lowest BCUT2D eigenvalue weighted by Crippen LogP contribution is -2.28. The first kappa shape index (κ1) is 23.7. The number of urea groups is 1. The summed E-state index contributed by atoms with van der Waals surface area (Å²) in [6, 6.07) is 20.4. The van der Waals surface area contributed by atoms with Gasteiger partial charge < -0.3 is 20.1 Å². The van der Waals surface area contributed by atoms with Crippen LogP contribution < -0.4 is 15.4 Å². The number of esters is 1. The fraction of sp³-hybridized carbons (Fsp3) is 0.148. The fourth-order valence-electron chi connectivity index (χ4n) is 3.46. The number of hydrogen-bond acceptors (Lipinski definition) is 5. The zero-order valence-corrected chi connectivity index (χ0v) is 19.3. The van der Waals surface area contributed by atoms with Gasteiger partial charge in [0.2, 0.25) is 0 Å². The number of hydrogen-bond donors (Lipinski definition) is 2. The van der Waals surface area contributed by atoms with Crippen molar-refractivity contribution in [1.29, 1.82) is 0 Å². The van der Waals surface area contributed by atoms with E-state index in [1.807, 2.05) is 31.2 Å². The number of ether oxygens (including phenoxy) is 2. The number of methoxy groups -OCH3 is 1. The molecule has 0 saturated heterocycles. The van der Waals surface area contributed by atoms with Crippen LogP contribution in [-0.4, -0.2) is 30.7 Å². The highest BCUT2D eigenvalue weighted by molar-refractivity contribution is 5.95. The van der Waals surface area contributed by atoms with E-state index in [1.54, 1.807) is 36.4 Å². The van der Waals surface area contributed by atoms with Gasteiger partial charge in [0.25, 0.3) is 0 Å². The van der Waals surface area contributed by atoms with Gasteiger partial charge in [0.15, 0.2) is 6.61 Å². The summed E-state index contributed by atoms with van der Waals surface area (Å²) in [5.74, 6) is -0.450. The molecule has 35 heavy (non-hydrogen) atoms. The van der Waals surface area contributed by atoms with Crippen molar-refractivity contribution in [3.63, 3.8) is 0 Å². The van der Waals surface area contributed by atoms with E-state index in [9.17, 15) is 14.0 Å². The van der Waals surface area contributed by atoms with Crippen LogP contribution in [0.15, 0.2) is 72.8 Å². The zero-order valence-electron chi connectivity index (χ0n) is 19.3. The largest absolute Gasteiger partial charge is 0.481 e. The Balaban J connectivity index is 1.58. The van der Waals surface area contributed by atoms with Gasteiger partial charge in [0, 0.05) is 29.2 Å². The average Bonchev–Trinajstić information content (AvgIpc) is 2.86. The molecule has 0 aliphatic heterocycles. The zero-order chi connectivity index (χ0) is 24.8. The molecule has 4 rings (SSSR count). The molecule has 3 aromatic carbocycles. The molecule has 0 bridgehead atoms. The summed E-state index contributed by atoms with van der Waals surface area (Å²) in [5.41, 5.74) is 4.49. The van der Waals surface area contributed by atoms with Gasteiger partial charge in [0.05, 0.1) is 18.3 Å². The van der Waals surface area contributed by atoms with Crippen molar-refractivity contribution in [1.82, 2.24) is 10.3 Å². The number of carbonyl (C=O) groups excluding carboxylic acids is 2. The number of amides is 2. The Morgan fingerprint density at radius 1 is 1.00 bits per heavy atom. The van der Waals surface area contributed by atoms with E-state index in [2.05, 4.69) is 10.6 Å². The maximum Gasteiger partial charge on any atom is 0.343 e. The van der Waals surface area contributed by atoms with Crippen molar-refractivity contribution in [3.8, 4) is 17.0 Å². The highest BCUT2D eigenvalue weighted by Gasteiger charge is 2.13. The van der Waals surface area contributed by atoms with Crippen molar-refractivity contribution in [3.05, 3.63) is 89.7 Å². The maximum atomic E-state index is 13.3.